The largest absolute Gasteiger partial charge is 0.491 e. The summed E-state index contributed by atoms with van der Waals surface area (Å²) in [7, 11) is -7.80. The maximum Gasteiger partial charge on any atom is 0.344 e. The maximum absolute atomic E-state index is 12.9. The molecule has 3 aromatic rings. The average Bonchev–Trinajstić information content (AvgIpc) is 3.24. The number of ether oxygens (including phenoxy) is 2. The molecule has 15 heteroatoms. The number of sulfone groups is 1. The number of nitrogens with one attached hydrogen (secondary N) is 2. The molecule has 0 fully saturated rings. The van der Waals surface area contributed by atoms with Crippen LogP contribution in [0.3, 0.4) is 0 Å². The first-order chi connectivity index (χ1) is 17.2. The summed E-state index contributed by atoms with van der Waals surface area (Å²) >= 11 is 0.950. The second kappa shape index (κ2) is 11.4. The molecule has 0 saturated heterocycles. The van der Waals surface area contributed by atoms with Gasteiger partial charge in [-0.2, -0.15) is 0 Å². The summed E-state index contributed by atoms with van der Waals surface area (Å²) in [5.74, 6) is -0.437. The van der Waals surface area contributed by atoms with Crippen molar-refractivity contribution in [3.8, 4) is 17.2 Å². The zero-order valence-electron chi connectivity index (χ0n) is 19.9. The lowest BCUT2D eigenvalue weighted by Crippen LogP contribution is -2.24. The van der Waals surface area contributed by atoms with Crippen molar-refractivity contribution >= 4 is 45.7 Å². The number of nitrogens with zero attached hydrogens (tertiary/aromatic N) is 1. The van der Waals surface area contributed by atoms with Gasteiger partial charge in [-0.3, -0.25) is 19.5 Å². The van der Waals surface area contributed by atoms with Gasteiger partial charge in [0, 0.05) is 23.3 Å². The predicted octanol–water partition coefficient (Wildman–Crippen LogP) is 3.24. The number of rotatable bonds is 10. The third-order valence-electron chi connectivity index (χ3n) is 4.40. The van der Waals surface area contributed by atoms with Crippen molar-refractivity contribution in [2.45, 2.75) is 24.8 Å². The van der Waals surface area contributed by atoms with Crippen LogP contribution in [0.4, 0.5) is 5.13 Å². The Labute approximate surface area is 216 Å². The molecule has 0 radical (unpaired) electrons. The summed E-state index contributed by atoms with van der Waals surface area (Å²) in [6.45, 7) is 3.62. The van der Waals surface area contributed by atoms with Crippen molar-refractivity contribution < 1.29 is 41.8 Å². The number of benzene rings is 2. The van der Waals surface area contributed by atoms with Crippen LogP contribution >= 0.6 is 18.9 Å². The zero-order valence-corrected chi connectivity index (χ0v) is 22.4. The van der Waals surface area contributed by atoms with Crippen molar-refractivity contribution in [1.29, 1.82) is 0 Å². The highest BCUT2D eigenvalue weighted by molar-refractivity contribution is 7.90. The summed E-state index contributed by atoms with van der Waals surface area (Å²) in [5, 5.41) is 6.04. The van der Waals surface area contributed by atoms with E-state index in [1.807, 2.05) is 13.8 Å². The van der Waals surface area contributed by atoms with E-state index in [-0.39, 0.29) is 33.1 Å². The van der Waals surface area contributed by atoms with Crippen LogP contribution in [-0.4, -0.2) is 53.6 Å². The molecule has 12 nitrogen and oxygen atoms in total. The Balaban J connectivity index is 1.79. The van der Waals surface area contributed by atoms with Gasteiger partial charge in [0.15, 0.2) is 15.0 Å². The highest BCUT2D eigenvalue weighted by atomic mass is 32.2. The van der Waals surface area contributed by atoms with E-state index in [2.05, 4.69) is 15.6 Å². The number of hydrogen-bond donors (Lipinski definition) is 4. The molecule has 0 unspecified atom stereocenters. The van der Waals surface area contributed by atoms with Gasteiger partial charge in [-0.1, -0.05) is 0 Å². The Morgan fingerprint density at radius 3 is 2.30 bits per heavy atom. The highest BCUT2D eigenvalue weighted by Gasteiger charge is 2.19. The van der Waals surface area contributed by atoms with Crippen molar-refractivity contribution in [3.63, 3.8) is 0 Å². The molecule has 0 saturated carbocycles. The number of carbonyl (C=O) groups is 2. The molecule has 4 N–H and O–H groups in total. The molecular weight excluding hydrogens is 545 g/mol. The zero-order chi connectivity index (χ0) is 27.4. The molecule has 0 aliphatic heterocycles. The number of anilines is 1. The van der Waals surface area contributed by atoms with Crippen molar-refractivity contribution in [2.75, 3.05) is 17.9 Å². The third-order valence-corrected chi connectivity index (χ3v) is 6.86. The van der Waals surface area contributed by atoms with Crippen LogP contribution in [-0.2, 0) is 14.4 Å². The van der Waals surface area contributed by atoms with Crippen molar-refractivity contribution in [1.82, 2.24) is 10.3 Å². The molecule has 198 valence electrons. The Bertz CT molecular complexity index is 1450. The minimum absolute atomic E-state index is 0.0837. The van der Waals surface area contributed by atoms with Gasteiger partial charge in [0.1, 0.15) is 29.2 Å². The Hall–Kier alpha value is -3.29. The first kappa shape index (κ1) is 28.3. The van der Waals surface area contributed by atoms with Gasteiger partial charge in [0.25, 0.3) is 11.8 Å². The summed E-state index contributed by atoms with van der Waals surface area (Å²) in [6.07, 6.45) is 0.0575. The molecule has 0 bridgehead atoms. The van der Waals surface area contributed by atoms with E-state index in [9.17, 15) is 22.6 Å². The van der Waals surface area contributed by atoms with Gasteiger partial charge >= 0.3 is 7.60 Å². The number of hydrogen-bond acceptors (Lipinski definition) is 9. The van der Waals surface area contributed by atoms with Crippen LogP contribution in [0.1, 0.15) is 34.7 Å². The maximum atomic E-state index is 12.9. The minimum Gasteiger partial charge on any atom is -0.491 e. The van der Waals surface area contributed by atoms with Gasteiger partial charge < -0.3 is 24.6 Å². The lowest BCUT2D eigenvalue weighted by atomic mass is 10.2. The molecule has 0 spiro atoms. The third kappa shape index (κ3) is 8.65. The van der Waals surface area contributed by atoms with E-state index in [1.165, 1.54) is 41.8 Å². The Morgan fingerprint density at radius 2 is 1.70 bits per heavy atom. The van der Waals surface area contributed by atoms with Crippen LogP contribution in [0.15, 0.2) is 52.7 Å². The topological polar surface area (TPSA) is 181 Å². The second-order valence-electron chi connectivity index (χ2n) is 8.03. The number of aromatic nitrogens is 1. The van der Waals surface area contributed by atoms with Gasteiger partial charge in [0.2, 0.25) is 0 Å². The van der Waals surface area contributed by atoms with Crippen molar-refractivity contribution in [2.24, 2.45) is 0 Å². The molecule has 0 aliphatic carbocycles. The Kier molecular flexibility index (Phi) is 8.72. The van der Waals surface area contributed by atoms with Gasteiger partial charge in [-0.05, 0) is 50.2 Å². The van der Waals surface area contributed by atoms with Gasteiger partial charge in [-0.15, -0.1) is 11.3 Å². The van der Waals surface area contributed by atoms with E-state index >= 15 is 0 Å². The lowest BCUT2D eigenvalue weighted by molar-refractivity contribution is 0.0951. The molecule has 1 heterocycles. The van der Waals surface area contributed by atoms with E-state index in [1.54, 1.807) is 6.07 Å². The molecule has 2 aromatic carbocycles. The lowest BCUT2D eigenvalue weighted by Gasteiger charge is -2.14. The minimum atomic E-state index is -4.43. The van der Waals surface area contributed by atoms with Crippen LogP contribution in [0.5, 0.6) is 17.2 Å². The fourth-order valence-electron chi connectivity index (χ4n) is 2.86. The normalized spacial score (nSPS) is 11.7. The van der Waals surface area contributed by atoms with Crippen molar-refractivity contribution in [3.05, 3.63) is 59.1 Å². The molecule has 3 rings (SSSR count). The van der Waals surface area contributed by atoms with E-state index in [0.29, 0.717) is 11.5 Å². The first-order valence-electron chi connectivity index (χ1n) is 10.6. The number of thiazole rings is 1. The fourth-order valence-corrected chi connectivity index (χ4v) is 4.53. The quantitative estimate of drug-likeness (QED) is 0.265. The molecular formula is C22H24N3O9PS2. The van der Waals surface area contributed by atoms with Gasteiger partial charge in [0.05, 0.1) is 11.0 Å². The SMILES string of the molecule is CC(C)Oc1cc(Oc2ccc(S(C)(=O)=O)cc2)cc(C(=O)Nc2nc(C(=O)NCP(=O)(O)O)cs2)c1. The van der Waals surface area contributed by atoms with Gasteiger partial charge in [-0.25, -0.2) is 13.4 Å². The molecule has 2 amide bonds. The second-order valence-corrected chi connectivity index (χ2v) is 12.5. The van der Waals surface area contributed by atoms with E-state index < -0.39 is 35.5 Å². The van der Waals surface area contributed by atoms with E-state index in [4.69, 9.17) is 19.3 Å². The predicted molar refractivity (Wildman–Crippen MR) is 136 cm³/mol. The van der Waals surface area contributed by atoms with Crippen LogP contribution in [0, 0.1) is 0 Å². The summed E-state index contributed by atoms with van der Waals surface area (Å²) < 4.78 is 45.8. The summed E-state index contributed by atoms with van der Waals surface area (Å²) in [4.78, 5) is 46.8. The number of carbonyl (C=O) groups excluding carboxylic acids is 2. The summed E-state index contributed by atoms with van der Waals surface area (Å²) in [6, 6.07) is 10.3. The number of amides is 2. The highest BCUT2D eigenvalue weighted by Crippen LogP contribution is 2.32. The average molecular weight is 570 g/mol. The van der Waals surface area contributed by atoms with Crippen LogP contribution < -0.4 is 20.1 Å². The standard InChI is InChI=1S/C22H24N3O9PS2/c1-13(2)33-16-8-14(9-17(10-16)34-15-4-6-18(7-5-15)37(3,31)32)20(26)25-22-24-19(11-36-22)21(27)23-12-35(28,29)30/h4-11,13H,12H2,1-3H3,(H,23,27)(H,24,25,26)(H2,28,29,30). The van der Waals surface area contributed by atoms with E-state index in [0.717, 1.165) is 17.6 Å². The summed E-state index contributed by atoms with van der Waals surface area (Å²) in [5.41, 5.74) is 0.0378. The van der Waals surface area contributed by atoms with Crippen LogP contribution in [0.2, 0.25) is 0 Å². The molecule has 37 heavy (non-hydrogen) atoms. The molecule has 0 aliphatic rings. The molecule has 1 aromatic heterocycles. The first-order valence-corrected chi connectivity index (χ1v) is 15.2. The monoisotopic (exact) mass is 569 g/mol. The van der Waals surface area contributed by atoms with Crippen LogP contribution in [0.25, 0.3) is 0 Å². The smallest absolute Gasteiger partial charge is 0.344 e. The fraction of sp³-hybridized carbons (Fsp3) is 0.227. The Morgan fingerprint density at radius 1 is 1.05 bits per heavy atom. The molecule has 0 atom stereocenters.